The monoisotopic (exact) mass is 347 g/mol. The molecule has 0 amide bonds. The third-order valence-corrected chi connectivity index (χ3v) is 3.78. The van der Waals surface area contributed by atoms with Gasteiger partial charge in [-0.25, -0.2) is 0 Å². The number of nitrogens with zero attached hydrogens (tertiary/aromatic N) is 1. The van der Waals surface area contributed by atoms with Gasteiger partial charge in [0.1, 0.15) is 0 Å². The van der Waals surface area contributed by atoms with Crippen molar-refractivity contribution < 1.29 is 5.21 Å². The predicted octanol–water partition coefficient (Wildman–Crippen LogP) is 3.72. The van der Waals surface area contributed by atoms with E-state index in [4.69, 9.17) is 10.9 Å². The van der Waals surface area contributed by atoms with Crippen LogP contribution < -0.4 is 11.1 Å². The Hall–Kier alpha value is -2.01. The van der Waals surface area contributed by atoms with Crippen LogP contribution in [0.3, 0.4) is 0 Å². The van der Waals surface area contributed by atoms with Crippen LogP contribution >= 0.6 is 15.9 Å². The summed E-state index contributed by atoms with van der Waals surface area (Å²) >= 11 is 3.49. The largest absolute Gasteiger partial charge is 0.409 e. The maximum atomic E-state index is 8.64. The number of aryl methyl sites for hydroxylation is 1. The van der Waals surface area contributed by atoms with Gasteiger partial charge in [-0.15, -0.1) is 0 Å². The van der Waals surface area contributed by atoms with Gasteiger partial charge in [-0.2, -0.15) is 0 Å². The molecule has 4 N–H and O–H groups in total. The number of amidine groups is 1. The van der Waals surface area contributed by atoms with Crippen LogP contribution in [0.25, 0.3) is 0 Å². The smallest absolute Gasteiger partial charge is 0.170 e. The number of benzene rings is 2. The fourth-order valence-corrected chi connectivity index (χ4v) is 2.48. The molecule has 0 aliphatic rings. The molecule has 0 radical (unpaired) electrons. The van der Waals surface area contributed by atoms with E-state index in [1.54, 1.807) is 0 Å². The second-order valence-electron chi connectivity index (χ2n) is 4.69. The first-order chi connectivity index (χ1) is 10.1. The molecule has 5 heteroatoms. The summed E-state index contributed by atoms with van der Waals surface area (Å²) in [5.41, 5.74) is 9.80. The van der Waals surface area contributed by atoms with Crippen molar-refractivity contribution in [2.75, 3.05) is 5.32 Å². The van der Waals surface area contributed by atoms with E-state index in [1.165, 1.54) is 5.56 Å². The van der Waals surface area contributed by atoms with Gasteiger partial charge < -0.3 is 16.3 Å². The van der Waals surface area contributed by atoms with Gasteiger partial charge in [-0.1, -0.05) is 52.3 Å². The fraction of sp³-hybridized carbons (Fsp3) is 0.188. The Labute approximate surface area is 132 Å². The maximum Gasteiger partial charge on any atom is 0.170 e. The van der Waals surface area contributed by atoms with Crippen LogP contribution in [0, 0.1) is 0 Å². The number of hydrogen-bond donors (Lipinski definition) is 3. The molecular weight excluding hydrogens is 330 g/mol. The first kappa shape index (κ1) is 15.4. The first-order valence-corrected chi connectivity index (χ1v) is 7.52. The Morgan fingerprint density at radius 1 is 1.24 bits per heavy atom. The Kier molecular flexibility index (Phi) is 5.22. The van der Waals surface area contributed by atoms with E-state index in [2.05, 4.69) is 45.5 Å². The Balaban J connectivity index is 2.06. The number of anilines is 1. The second kappa shape index (κ2) is 7.13. The zero-order valence-electron chi connectivity index (χ0n) is 11.8. The quantitative estimate of drug-likeness (QED) is 0.334. The molecule has 0 saturated carbocycles. The van der Waals surface area contributed by atoms with Gasteiger partial charge in [-0.05, 0) is 35.7 Å². The SMILES string of the molecule is CCc1cc(Br)ccc1NCc1ccc(/C(N)=N/O)cc1. The first-order valence-electron chi connectivity index (χ1n) is 6.73. The van der Waals surface area contributed by atoms with Crippen LogP contribution in [0.15, 0.2) is 52.1 Å². The van der Waals surface area contributed by atoms with Gasteiger partial charge in [0.25, 0.3) is 0 Å². The Morgan fingerprint density at radius 3 is 2.57 bits per heavy atom. The van der Waals surface area contributed by atoms with Crippen molar-refractivity contribution >= 4 is 27.5 Å². The molecule has 0 heterocycles. The molecule has 0 unspecified atom stereocenters. The summed E-state index contributed by atoms with van der Waals surface area (Å²) in [5, 5.41) is 15.1. The van der Waals surface area contributed by atoms with Crippen molar-refractivity contribution in [3.8, 4) is 0 Å². The van der Waals surface area contributed by atoms with E-state index in [1.807, 2.05) is 30.3 Å². The Morgan fingerprint density at radius 2 is 1.95 bits per heavy atom. The highest BCUT2D eigenvalue weighted by molar-refractivity contribution is 9.10. The molecular formula is C16H18BrN3O. The third kappa shape index (κ3) is 3.98. The molecule has 0 fully saturated rings. The Bertz CT molecular complexity index is 638. The molecule has 0 aromatic heterocycles. The summed E-state index contributed by atoms with van der Waals surface area (Å²) in [6, 6.07) is 13.8. The van der Waals surface area contributed by atoms with Crippen LogP contribution in [0.5, 0.6) is 0 Å². The highest BCUT2D eigenvalue weighted by atomic mass is 79.9. The molecule has 4 nitrogen and oxygen atoms in total. The molecule has 21 heavy (non-hydrogen) atoms. The zero-order chi connectivity index (χ0) is 15.2. The van der Waals surface area contributed by atoms with Gasteiger partial charge in [-0.3, -0.25) is 0 Å². The molecule has 2 rings (SSSR count). The van der Waals surface area contributed by atoms with Crippen molar-refractivity contribution in [3.05, 3.63) is 63.6 Å². The molecule has 0 atom stereocenters. The van der Waals surface area contributed by atoms with Crippen molar-refractivity contribution in [2.45, 2.75) is 19.9 Å². The highest BCUT2D eigenvalue weighted by Gasteiger charge is 2.03. The lowest BCUT2D eigenvalue weighted by Gasteiger charge is -2.12. The molecule has 0 bridgehead atoms. The lowest BCUT2D eigenvalue weighted by Crippen LogP contribution is -2.13. The summed E-state index contributed by atoms with van der Waals surface area (Å²) in [6.45, 7) is 2.86. The zero-order valence-corrected chi connectivity index (χ0v) is 13.4. The maximum absolute atomic E-state index is 8.64. The molecule has 0 aliphatic carbocycles. The molecule has 0 spiro atoms. The van der Waals surface area contributed by atoms with Crippen molar-refractivity contribution in [3.63, 3.8) is 0 Å². The fourth-order valence-electron chi connectivity index (χ4n) is 2.08. The van der Waals surface area contributed by atoms with E-state index < -0.39 is 0 Å². The summed E-state index contributed by atoms with van der Waals surface area (Å²) in [4.78, 5) is 0. The number of nitrogens with two attached hydrogens (primary N) is 1. The second-order valence-corrected chi connectivity index (χ2v) is 5.61. The number of nitrogens with one attached hydrogen (secondary N) is 1. The van der Waals surface area contributed by atoms with Gasteiger partial charge in [0.15, 0.2) is 5.84 Å². The molecule has 0 aliphatic heterocycles. The van der Waals surface area contributed by atoms with E-state index in [0.717, 1.165) is 28.7 Å². The minimum Gasteiger partial charge on any atom is -0.409 e. The van der Waals surface area contributed by atoms with E-state index >= 15 is 0 Å². The number of halogens is 1. The normalized spacial score (nSPS) is 11.4. The minimum absolute atomic E-state index is 0.121. The van der Waals surface area contributed by atoms with Crippen molar-refractivity contribution in [2.24, 2.45) is 10.9 Å². The average Bonchev–Trinajstić information content (AvgIpc) is 2.53. The van der Waals surface area contributed by atoms with Crippen LogP contribution in [-0.4, -0.2) is 11.0 Å². The topological polar surface area (TPSA) is 70.6 Å². The van der Waals surface area contributed by atoms with E-state index in [9.17, 15) is 0 Å². The minimum atomic E-state index is 0.121. The number of oxime groups is 1. The molecule has 2 aromatic rings. The van der Waals surface area contributed by atoms with E-state index in [-0.39, 0.29) is 5.84 Å². The standard InChI is InChI=1S/C16H18BrN3O/c1-2-12-9-14(17)7-8-15(12)19-10-11-3-5-13(6-4-11)16(18)20-21/h3-9,19,21H,2,10H2,1H3,(H2,18,20). The van der Waals surface area contributed by atoms with Gasteiger partial charge in [0, 0.05) is 22.3 Å². The van der Waals surface area contributed by atoms with Gasteiger partial charge in [0.2, 0.25) is 0 Å². The lowest BCUT2D eigenvalue weighted by atomic mass is 10.1. The summed E-state index contributed by atoms with van der Waals surface area (Å²) in [5.74, 6) is 0.121. The van der Waals surface area contributed by atoms with Crippen LogP contribution in [0.2, 0.25) is 0 Å². The van der Waals surface area contributed by atoms with Crippen molar-refractivity contribution in [1.29, 1.82) is 0 Å². The summed E-state index contributed by atoms with van der Waals surface area (Å²) in [6.07, 6.45) is 0.976. The highest BCUT2D eigenvalue weighted by Crippen LogP contribution is 2.22. The molecule has 0 saturated heterocycles. The third-order valence-electron chi connectivity index (χ3n) is 3.29. The predicted molar refractivity (Wildman–Crippen MR) is 89.8 cm³/mol. The average molecular weight is 348 g/mol. The van der Waals surface area contributed by atoms with Gasteiger partial charge >= 0.3 is 0 Å². The number of hydrogen-bond acceptors (Lipinski definition) is 3. The van der Waals surface area contributed by atoms with Gasteiger partial charge in [0.05, 0.1) is 0 Å². The van der Waals surface area contributed by atoms with Crippen LogP contribution in [0.1, 0.15) is 23.6 Å². The van der Waals surface area contributed by atoms with Crippen LogP contribution in [-0.2, 0) is 13.0 Å². The van der Waals surface area contributed by atoms with E-state index in [0.29, 0.717) is 5.56 Å². The molecule has 2 aromatic carbocycles. The van der Waals surface area contributed by atoms with Crippen LogP contribution in [0.4, 0.5) is 5.69 Å². The van der Waals surface area contributed by atoms with Crippen molar-refractivity contribution in [1.82, 2.24) is 0 Å². The number of rotatable bonds is 5. The summed E-state index contributed by atoms with van der Waals surface area (Å²) < 4.78 is 1.09. The lowest BCUT2D eigenvalue weighted by molar-refractivity contribution is 0.318. The molecule has 110 valence electrons. The summed E-state index contributed by atoms with van der Waals surface area (Å²) in [7, 11) is 0.